The number of nitrogens with one attached hydrogen (secondary N) is 1. The number of benzene rings is 1. The molecule has 0 radical (unpaired) electrons. The third-order valence-corrected chi connectivity index (χ3v) is 2.17. The predicted molar refractivity (Wildman–Crippen MR) is 71.3 cm³/mol. The predicted octanol–water partition coefficient (Wildman–Crippen LogP) is 2.87. The zero-order valence-corrected chi connectivity index (χ0v) is 9.98. The van der Waals surface area contributed by atoms with Gasteiger partial charge in [0.25, 0.3) is 5.69 Å². The fourth-order valence-electron chi connectivity index (χ4n) is 1.25. The minimum Gasteiger partial charge on any atom is -0.272 e. The van der Waals surface area contributed by atoms with Crippen LogP contribution in [0.2, 0.25) is 0 Å². The molecule has 0 aromatic heterocycles. The van der Waals surface area contributed by atoms with Gasteiger partial charge in [0.1, 0.15) is 5.69 Å². The van der Waals surface area contributed by atoms with Gasteiger partial charge in [0, 0.05) is 12.3 Å². The van der Waals surface area contributed by atoms with Crippen LogP contribution in [0.4, 0.5) is 17.1 Å². The number of hydrazone groups is 1. The Kier molecular flexibility index (Phi) is 5.15. The topological polar surface area (TPSA) is 111 Å². The van der Waals surface area contributed by atoms with Crippen molar-refractivity contribution in [3.8, 4) is 0 Å². The molecule has 1 aromatic rings. The Morgan fingerprint density at radius 3 is 2.58 bits per heavy atom. The van der Waals surface area contributed by atoms with E-state index in [9.17, 15) is 20.2 Å². The van der Waals surface area contributed by atoms with Crippen LogP contribution in [0, 0.1) is 20.2 Å². The van der Waals surface area contributed by atoms with Crippen molar-refractivity contribution >= 4 is 23.3 Å². The number of nitro groups is 2. The summed E-state index contributed by atoms with van der Waals surface area (Å²) < 4.78 is 0. The third kappa shape index (κ3) is 4.19. The number of nitrogens with zero attached hydrogens (tertiary/aromatic N) is 3. The van der Waals surface area contributed by atoms with Gasteiger partial charge in [-0.1, -0.05) is 6.08 Å². The molecular formula is C11H12N4O4. The highest BCUT2D eigenvalue weighted by Crippen LogP contribution is 2.28. The second kappa shape index (κ2) is 6.84. The van der Waals surface area contributed by atoms with Gasteiger partial charge in [-0.25, -0.2) is 0 Å². The molecule has 8 nitrogen and oxygen atoms in total. The van der Waals surface area contributed by atoms with Crippen molar-refractivity contribution in [3.05, 3.63) is 51.1 Å². The molecule has 0 bridgehead atoms. The van der Waals surface area contributed by atoms with Crippen molar-refractivity contribution in [2.24, 2.45) is 5.10 Å². The normalized spacial score (nSPS) is 10.3. The molecule has 0 saturated carbocycles. The van der Waals surface area contributed by atoms with Crippen LogP contribution in [-0.2, 0) is 0 Å². The van der Waals surface area contributed by atoms with Crippen LogP contribution in [0.3, 0.4) is 0 Å². The molecule has 0 amide bonds. The highest BCUT2D eigenvalue weighted by molar-refractivity contribution is 5.67. The number of unbranched alkanes of at least 4 members (excludes halogenated alkanes) is 1. The molecule has 0 unspecified atom stereocenters. The Morgan fingerprint density at radius 1 is 1.26 bits per heavy atom. The number of hydrogen-bond donors (Lipinski definition) is 1. The second-order valence-electron chi connectivity index (χ2n) is 3.51. The van der Waals surface area contributed by atoms with E-state index in [1.165, 1.54) is 12.1 Å². The Morgan fingerprint density at radius 2 is 2.00 bits per heavy atom. The zero-order valence-electron chi connectivity index (χ0n) is 9.98. The maximum absolute atomic E-state index is 10.8. The maximum Gasteiger partial charge on any atom is 0.301 e. The van der Waals surface area contributed by atoms with E-state index in [4.69, 9.17) is 0 Å². The summed E-state index contributed by atoms with van der Waals surface area (Å²) in [6.45, 7) is 3.54. The van der Waals surface area contributed by atoms with Gasteiger partial charge in [0.15, 0.2) is 0 Å². The fourth-order valence-corrected chi connectivity index (χ4v) is 1.25. The number of allylic oxidation sites excluding steroid dienone is 1. The minimum atomic E-state index is -0.700. The van der Waals surface area contributed by atoms with E-state index >= 15 is 0 Å². The Hall–Kier alpha value is -2.77. The molecule has 0 atom stereocenters. The summed E-state index contributed by atoms with van der Waals surface area (Å²) in [5.41, 5.74) is 1.86. The first-order valence-corrected chi connectivity index (χ1v) is 5.37. The largest absolute Gasteiger partial charge is 0.301 e. The number of rotatable bonds is 7. The summed E-state index contributed by atoms with van der Waals surface area (Å²) in [6, 6.07) is 3.32. The molecule has 1 N–H and O–H groups in total. The summed E-state index contributed by atoms with van der Waals surface area (Å²) in [6.07, 6.45) is 4.66. The van der Waals surface area contributed by atoms with Gasteiger partial charge >= 0.3 is 5.69 Å². The molecule has 1 rings (SSSR count). The second-order valence-corrected chi connectivity index (χ2v) is 3.51. The lowest BCUT2D eigenvalue weighted by molar-refractivity contribution is -0.393. The molecule has 0 saturated heterocycles. The Labute approximate surface area is 108 Å². The van der Waals surface area contributed by atoms with E-state index in [0.717, 1.165) is 12.5 Å². The Bertz CT molecular complexity index is 527. The van der Waals surface area contributed by atoms with Gasteiger partial charge in [-0.3, -0.25) is 25.7 Å². The van der Waals surface area contributed by atoms with Gasteiger partial charge < -0.3 is 0 Å². The van der Waals surface area contributed by atoms with Gasteiger partial charge in [0.05, 0.1) is 15.9 Å². The summed E-state index contributed by atoms with van der Waals surface area (Å²) in [5, 5.41) is 25.2. The number of non-ortho nitro benzene ring substituents is 1. The van der Waals surface area contributed by atoms with Crippen molar-refractivity contribution in [3.63, 3.8) is 0 Å². The van der Waals surface area contributed by atoms with Crippen molar-refractivity contribution < 1.29 is 9.85 Å². The Balaban J connectivity index is 2.88. The maximum atomic E-state index is 10.8. The van der Waals surface area contributed by atoms with Gasteiger partial charge in [-0.2, -0.15) is 5.10 Å². The fraction of sp³-hybridized carbons (Fsp3) is 0.182. The average Bonchev–Trinajstić information content (AvgIpc) is 2.38. The molecule has 0 spiro atoms. The van der Waals surface area contributed by atoms with Gasteiger partial charge in [-0.05, 0) is 18.9 Å². The lowest BCUT2D eigenvalue weighted by Crippen LogP contribution is -1.98. The summed E-state index contributed by atoms with van der Waals surface area (Å²) in [4.78, 5) is 20.0. The van der Waals surface area contributed by atoms with Crippen LogP contribution in [-0.4, -0.2) is 16.1 Å². The first-order chi connectivity index (χ1) is 9.06. The molecule has 100 valence electrons. The molecule has 0 fully saturated rings. The third-order valence-electron chi connectivity index (χ3n) is 2.17. The average molecular weight is 264 g/mol. The minimum absolute atomic E-state index is 0.102. The molecule has 8 heteroatoms. The molecule has 19 heavy (non-hydrogen) atoms. The number of hydrogen-bond acceptors (Lipinski definition) is 6. The highest BCUT2D eigenvalue weighted by atomic mass is 16.6. The summed E-state index contributed by atoms with van der Waals surface area (Å²) >= 11 is 0. The first-order valence-electron chi connectivity index (χ1n) is 5.37. The summed E-state index contributed by atoms with van der Waals surface area (Å²) in [7, 11) is 0. The number of anilines is 1. The molecule has 0 aliphatic carbocycles. The standard InChI is InChI=1S/C11H12N4O4/c1-2-3-4-7-12-13-10-6-5-9(14(16)17)8-11(10)15(18)19/h2,5-8,13H,1,3-4H2/b12-7+. The molecular weight excluding hydrogens is 252 g/mol. The van der Waals surface area contributed by atoms with Crippen LogP contribution >= 0.6 is 0 Å². The van der Waals surface area contributed by atoms with Gasteiger partial charge in [-0.15, -0.1) is 6.58 Å². The van der Waals surface area contributed by atoms with Crippen LogP contribution in [0.5, 0.6) is 0 Å². The van der Waals surface area contributed by atoms with Crippen molar-refractivity contribution in [2.45, 2.75) is 12.8 Å². The van der Waals surface area contributed by atoms with E-state index in [-0.39, 0.29) is 11.4 Å². The first kappa shape index (κ1) is 14.3. The van der Waals surface area contributed by atoms with Crippen LogP contribution < -0.4 is 5.43 Å². The molecule has 0 heterocycles. The zero-order chi connectivity index (χ0) is 14.3. The van der Waals surface area contributed by atoms with E-state index in [1.54, 1.807) is 12.3 Å². The lowest BCUT2D eigenvalue weighted by atomic mass is 10.2. The number of nitro benzene ring substituents is 2. The smallest absolute Gasteiger partial charge is 0.272 e. The monoisotopic (exact) mass is 264 g/mol. The van der Waals surface area contributed by atoms with E-state index < -0.39 is 15.5 Å². The molecule has 0 aliphatic heterocycles. The van der Waals surface area contributed by atoms with Crippen molar-refractivity contribution in [1.29, 1.82) is 0 Å². The molecule has 0 aliphatic rings. The highest BCUT2D eigenvalue weighted by Gasteiger charge is 2.18. The molecule has 1 aromatic carbocycles. The van der Waals surface area contributed by atoms with E-state index in [0.29, 0.717) is 6.42 Å². The van der Waals surface area contributed by atoms with Gasteiger partial charge in [0.2, 0.25) is 0 Å². The SMILES string of the molecule is C=CCC/C=N/Nc1ccc([N+](=O)[O-])cc1[N+](=O)[O-]. The summed E-state index contributed by atoms with van der Waals surface area (Å²) in [5.74, 6) is 0. The van der Waals surface area contributed by atoms with E-state index in [1.807, 2.05) is 0 Å². The van der Waals surface area contributed by atoms with Crippen molar-refractivity contribution in [1.82, 2.24) is 0 Å². The quantitative estimate of drug-likeness (QED) is 0.267. The van der Waals surface area contributed by atoms with Crippen molar-refractivity contribution in [2.75, 3.05) is 5.43 Å². The van der Waals surface area contributed by atoms with Crippen LogP contribution in [0.1, 0.15) is 12.8 Å². The van der Waals surface area contributed by atoms with Crippen LogP contribution in [0.15, 0.2) is 36.0 Å². The van der Waals surface area contributed by atoms with Crippen LogP contribution in [0.25, 0.3) is 0 Å². The lowest BCUT2D eigenvalue weighted by Gasteiger charge is -2.01. The van der Waals surface area contributed by atoms with E-state index in [2.05, 4.69) is 17.1 Å².